The monoisotopic (exact) mass is 328 g/mol. The molecule has 0 fully saturated rings. The van der Waals surface area contributed by atoms with Crippen molar-refractivity contribution in [2.45, 2.75) is 18.9 Å². The maximum absolute atomic E-state index is 10.1. The zero-order valence-electron chi connectivity index (χ0n) is 9.98. The molecule has 96 valence electrons. The van der Waals surface area contributed by atoms with Crippen molar-refractivity contribution < 1.29 is 5.11 Å². The summed E-state index contributed by atoms with van der Waals surface area (Å²) in [6.07, 6.45) is 2.72. The Balaban J connectivity index is 2.01. The fraction of sp³-hybridized carbons (Fsp3) is 0.308. The molecule has 0 saturated carbocycles. The first kappa shape index (κ1) is 13.6. The fourth-order valence-electron chi connectivity index (χ4n) is 1.82. The van der Waals surface area contributed by atoms with Crippen LogP contribution in [0.5, 0.6) is 0 Å². The smallest absolute Gasteiger partial charge is 0.0794 e. The topological polar surface area (TPSA) is 38.0 Å². The van der Waals surface area contributed by atoms with Crippen LogP contribution in [0.1, 0.15) is 23.8 Å². The lowest BCUT2D eigenvalue weighted by Crippen LogP contribution is -2.03. The number of nitrogens with zero attached hydrogens (tertiary/aromatic N) is 2. The number of benzene rings is 1. The van der Waals surface area contributed by atoms with Crippen LogP contribution >= 0.6 is 27.5 Å². The number of hydrogen-bond donors (Lipinski definition) is 1. The van der Waals surface area contributed by atoms with Gasteiger partial charge < -0.3 is 5.11 Å². The number of aryl methyl sites for hydroxylation is 2. The summed E-state index contributed by atoms with van der Waals surface area (Å²) in [5.74, 6) is 0. The molecular formula is C13H14BrClN2O. The largest absolute Gasteiger partial charge is 0.388 e. The maximum atomic E-state index is 10.1. The van der Waals surface area contributed by atoms with Crippen molar-refractivity contribution in [3.05, 3.63) is 51.2 Å². The first-order valence-electron chi connectivity index (χ1n) is 5.68. The van der Waals surface area contributed by atoms with E-state index in [0.29, 0.717) is 11.4 Å². The number of hydrogen-bond acceptors (Lipinski definition) is 2. The highest BCUT2D eigenvalue weighted by Gasteiger charge is 2.10. The summed E-state index contributed by atoms with van der Waals surface area (Å²) in [5, 5.41) is 14.9. The molecule has 2 rings (SSSR count). The molecule has 0 saturated heterocycles. The van der Waals surface area contributed by atoms with E-state index in [-0.39, 0.29) is 0 Å². The number of aliphatic hydroxyl groups excluding tert-OH is 1. The number of aliphatic hydroxyl groups is 1. The summed E-state index contributed by atoms with van der Waals surface area (Å²) in [6.45, 7) is 0. The third kappa shape index (κ3) is 3.13. The molecule has 1 aromatic carbocycles. The van der Waals surface area contributed by atoms with E-state index >= 15 is 0 Å². The van der Waals surface area contributed by atoms with Gasteiger partial charge in [-0.05, 0) is 52.5 Å². The second-order valence-corrected chi connectivity index (χ2v) is 5.44. The highest BCUT2D eigenvalue weighted by molar-refractivity contribution is 9.10. The van der Waals surface area contributed by atoms with E-state index in [1.54, 1.807) is 12.3 Å². The van der Waals surface area contributed by atoms with Crippen LogP contribution in [0, 0.1) is 0 Å². The Morgan fingerprint density at radius 3 is 2.83 bits per heavy atom. The van der Waals surface area contributed by atoms with Crippen LogP contribution in [0.15, 0.2) is 34.9 Å². The first-order valence-corrected chi connectivity index (χ1v) is 6.85. The SMILES string of the molecule is Cn1nccc1CCC(O)c1ccc(Cl)c(Br)c1. The number of halogens is 2. The van der Waals surface area contributed by atoms with Gasteiger partial charge in [0.25, 0.3) is 0 Å². The first-order chi connectivity index (χ1) is 8.58. The Bertz CT molecular complexity index is 542. The van der Waals surface area contributed by atoms with Crippen molar-refractivity contribution in [1.29, 1.82) is 0 Å². The molecule has 1 N–H and O–H groups in total. The maximum Gasteiger partial charge on any atom is 0.0794 e. The van der Waals surface area contributed by atoms with Crippen LogP contribution in [-0.2, 0) is 13.5 Å². The van der Waals surface area contributed by atoms with Crippen LogP contribution in [-0.4, -0.2) is 14.9 Å². The van der Waals surface area contributed by atoms with Gasteiger partial charge in [0.1, 0.15) is 0 Å². The normalized spacial score (nSPS) is 12.7. The molecule has 0 radical (unpaired) electrons. The molecule has 1 aromatic heterocycles. The zero-order chi connectivity index (χ0) is 13.1. The zero-order valence-corrected chi connectivity index (χ0v) is 12.3. The molecule has 0 spiro atoms. The minimum Gasteiger partial charge on any atom is -0.388 e. The van der Waals surface area contributed by atoms with E-state index in [1.807, 2.05) is 29.9 Å². The van der Waals surface area contributed by atoms with E-state index in [4.69, 9.17) is 11.6 Å². The molecule has 2 aromatic rings. The third-order valence-electron chi connectivity index (χ3n) is 2.92. The number of rotatable bonds is 4. The van der Waals surface area contributed by atoms with Gasteiger partial charge in [-0.2, -0.15) is 5.10 Å². The van der Waals surface area contributed by atoms with Crippen LogP contribution < -0.4 is 0 Å². The van der Waals surface area contributed by atoms with Gasteiger partial charge in [-0.1, -0.05) is 17.7 Å². The van der Waals surface area contributed by atoms with Gasteiger partial charge in [0.05, 0.1) is 11.1 Å². The van der Waals surface area contributed by atoms with Crippen molar-refractivity contribution in [3.63, 3.8) is 0 Å². The average molecular weight is 330 g/mol. The minimum atomic E-state index is -0.492. The Hall–Kier alpha value is -0.840. The van der Waals surface area contributed by atoms with Crippen LogP contribution in [0.3, 0.4) is 0 Å². The average Bonchev–Trinajstić information content (AvgIpc) is 2.75. The van der Waals surface area contributed by atoms with Gasteiger partial charge in [-0.25, -0.2) is 0 Å². The lowest BCUT2D eigenvalue weighted by molar-refractivity contribution is 0.167. The second-order valence-electron chi connectivity index (χ2n) is 4.17. The summed E-state index contributed by atoms with van der Waals surface area (Å²) in [7, 11) is 1.90. The van der Waals surface area contributed by atoms with E-state index < -0.39 is 6.10 Å². The Morgan fingerprint density at radius 2 is 2.22 bits per heavy atom. The molecule has 1 unspecified atom stereocenters. The molecule has 1 heterocycles. The molecule has 0 bridgehead atoms. The predicted molar refractivity (Wildman–Crippen MR) is 75.6 cm³/mol. The molecule has 0 aliphatic rings. The highest BCUT2D eigenvalue weighted by Crippen LogP contribution is 2.27. The van der Waals surface area contributed by atoms with Gasteiger partial charge in [0.2, 0.25) is 0 Å². The van der Waals surface area contributed by atoms with Crippen LogP contribution in [0.2, 0.25) is 5.02 Å². The minimum absolute atomic E-state index is 0.492. The highest BCUT2D eigenvalue weighted by atomic mass is 79.9. The fourth-order valence-corrected chi connectivity index (χ4v) is 2.33. The van der Waals surface area contributed by atoms with Crippen molar-refractivity contribution in [3.8, 4) is 0 Å². The van der Waals surface area contributed by atoms with E-state index in [1.165, 1.54) is 0 Å². The number of aromatic nitrogens is 2. The molecule has 18 heavy (non-hydrogen) atoms. The van der Waals surface area contributed by atoms with E-state index in [9.17, 15) is 5.11 Å². The quantitative estimate of drug-likeness (QED) is 0.932. The molecule has 0 aliphatic carbocycles. The van der Waals surface area contributed by atoms with Gasteiger partial charge in [0, 0.05) is 23.4 Å². The van der Waals surface area contributed by atoms with Crippen molar-refractivity contribution in [2.75, 3.05) is 0 Å². The van der Waals surface area contributed by atoms with Crippen molar-refractivity contribution >= 4 is 27.5 Å². The van der Waals surface area contributed by atoms with Gasteiger partial charge in [-0.3, -0.25) is 4.68 Å². The summed E-state index contributed by atoms with van der Waals surface area (Å²) in [6, 6.07) is 7.45. The molecule has 0 amide bonds. The molecule has 0 aliphatic heterocycles. The van der Waals surface area contributed by atoms with Gasteiger partial charge in [-0.15, -0.1) is 0 Å². The predicted octanol–water partition coefficient (Wildman–Crippen LogP) is 3.50. The van der Waals surface area contributed by atoms with Crippen molar-refractivity contribution in [1.82, 2.24) is 9.78 Å². The van der Waals surface area contributed by atoms with E-state index in [2.05, 4.69) is 21.0 Å². The molecule has 1 atom stereocenters. The Labute approximate surface area is 120 Å². The van der Waals surface area contributed by atoms with Gasteiger partial charge in [0.15, 0.2) is 0 Å². The Morgan fingerprint density at radius 1 is 1.44 bits per heavy atom. The Kier molecular flexibility index (Phi) is 4.43. The lowest BCUT2D eigenvalue weighted by Gasteiger charge is -2.12. The second kappa shape index (κ2) is 5.87. The molecule has 3 nitrogen and oxygen atoms in total. The summed E-state index contributed by atoms with van der Waals surface area (Å²) in [5.41, 5.74) is 1.98. The summed E-state index contributed by atoms with van der Waals surface area (Å²) in [4.78, 5) is 0. The summed E-state index contributed by atoms with van der Waals surface area (Å²) < 4.78 is 2.63. The third-order valence-corrected chi connectivity index (χ3v) is 4.14. The molecular weight excluding hydrogens is 316 g/mol. The van der Waals surface area contributed by atoms with Gasteiger partial charge >= 0.3 is 0 Å². The molecule has 5 heteroatoms. The van der Waals surface area contributed by atoms with Crippen LogP contribution in [0.25, 0.3) is 0 Å². The lowest BCUT2D eigenvalue weighted by atomic mass is 10.0. The van der Waals surface area contributed by atoms with Crippen LogP contribution in [0.4, 0.5) is 0 Å². The van der Waals surface area contributed by atoms with E-state index in [0.717, 1.165) is 22.2 Å². The standard InChI is InChI=1S/C13H14BrClN2O/c1-17-10(6-7-16-17)3-5-13(18)9-2-4-12(15)11(14)8-9/h2,4,6-8,13,18H,3,5H2,1H3. The van der Waals surface area contributed by atoms with Crippen molar-refractivity contribution in [2.24, 2.45) is 7.05 Å². The summed E-state index contributed by atoms with van der Waals surface area (Å²) >= 11 is 9.28.